The predicted octanol–water partition coefficient (Wildman–Crippen LogP) is 2.88. The van der Waals surface area contributed by atoms with Gasteiger partial charge < -0.3 is 9.30 Å². The molecule has 0 bridgehead atoms. The molecule has 20 heavy (non-hydrogen) atoms. The normalized spacial score (nSPS) is 19.1. The predicted molar refractivity (Wildman–Crippen MR) is 71.9 cm³/mol. The summed E-state index contributed by atoms with van der Waals surface area (Å²) in [5.41, 5.74) is 1.08. The Bertz CT molecular complexity index is 680. The summed E-state index contributed by atoms with van der Waals surface area (Å²) in [5.74, 6) is 0.310. The summed E-state index contributed by atoms with van der Waals surface area (Å²) in [6.45, 7) is 4.26. The lowest BCUT2D eigenvalue weighted by atomic mass is 10.2. The van der Waals surface area contributed by atoms with Crippen LogP contribution in [-0.4, -0.2) is 34.2 Å². The molecule has 1 aromatic heterocycles. The molecule has 0 radical (unpaired) electrons. The number of ether oxygens (including phenoxy) is 1. The van der Waals surface area contributed by atoms with Crippen molar-refractivity contribution in [2.45, 2.75) is 25.9 Å². The highest BCUT2D eigenvalue weighted by Crippen LogP contribution is 2.31. The van der Waals surface area contributed by atoms with Gasteiger partial charge in [0.25, 0.3) is 0 Å². The molecule has 6 heteroatoms. The molecule has 0 aliphatic carbocycles. The van der Waals surface area contributed by atoms with Crippen LogP contribution in [0.2, 0.25) is 0 Å². The van der Waals surface area contributed by atoms with Gasteiger partial charge in [0, 0.05) is 13.1 Å². The van der Waals surface area contributed by atoms with Crippen molar-refractivity contribution < 1.29 is 13.9 Å². The molecule has 0 unspecified atom stereocenters. The Balaban J connectivity index is 2.22. The number of nitrogens with zero attached hydrogens (tertiary/aromatic N) is 3. The Morgan fingerprint density at radius 3 is 2.80 bits per heavy atom. The van der Waals surface area contributed by atoms with E-state index in [-0.39, 0.29) is 30.6 Å². The molecule has 1 aliphatic heterocycles. The van der Waals surface area contributed by atoms with Crippen molar-refractivity contribution in [3.8, 4) is 0 Å². The smallest absolute Gasteiger partial charge is 0.410 e. The fraction of sp³-hybridized carbons (Fsp3) is 0.429. The number of benzene rings is 1. The zero-order valence-corrected chi connectivity index (χ0v) is 11.6. The average Bonchev–Trinajstić information content (AvgIpc) is 2.92. The van der Waals surface area contributed by atoms with Gasteiger partial charge in [0.1, 0.15) is 24.0 Å². The number of rotatable bonds is 2. The molecule has 0 saturated carbocycles. The van der Waals surface area contributed by atoms with Crippen molar-refractivity contribution in [3.63, 3.8) is 0 Å². The summed E-state index contributed by atoms with van der Waals surface area (Å²) in [5, 5.41) is 0. The SMILES string of the molecule is CC(C)n1c([C@@H]2COC(=O)N2C)nc2c(F)cccc21. The lowest BCUT2D eigenvalue weighted by molar-refractivity contribution is 0.163. The zero-order chi connectivity index (χ0) is 14.4. The molecule has 1 saturated heterocycles. The maximum absolute atomic E-state index is 13.9. The first-order valence-electron chi connectivity index (χ1n) is 6.56. The summed E-state index contributed by atoms with van der Waals surface area (Å²) in [4.78, 5) is 17.4. The number of para-hydroxylation sites is 1. The molecule has 1 aliphatic rings. The molecule has 0 N–H and O–H groups in total. The first kappa shape index (κ1) is 12.9. The number of aromatic nitrogens is 2. The minimum absolute atomic E-state index is 0.112. The Kier molecular flexibility index (Phi) is 2.88. The molecule has 2 heterocycles. The van der Waals surface area contributed by atoms with Gasteiger partial charge >= 0.3 is 6.09 Å². The molecule has 1 aromatic carbocycles. The molecule has 106 valence electrons. The number of amides is 1. The molecule has 5 nitrogen and oxygen atoms in total. The monoisotopic (exact) mass is 277 g/mol. The topological polar surface area (TPSA) is 47.4 Å². The van der Waals surface area contributed by atoms with E-state index in [9.17, 15) is 9.18 Å². The molecule has 3 rings (SSSR count). The highest BCUT2D eigenvalue weighted by molar-refractivity contribution is 5.77. The van der Waals surface area contributed by atoms with Crippen molar-refractivity contribution in [1.29, 1.82) is 0 Å². The number of halogens is 1. The number of carbonyl (C=O) groups is 1. The van der Waals surface area contributed by atoms with E-state index in [1.807, 2.05) is 24.5 Å². The van der Waals surface area contributed by atoms with Crippen LogP contribution < -0.4 is 0 Å². The van der Waals surface area contributed by atoms with Gasteiger partial charge in [-0.05, 0) is 26.0 Å². The van der Waals surface area contributed by atoms with Gasteiger partial charge in [0.05, 0.1) is 5.52 Å². The van der Waals surface area contributed by atoms with Crippen LogP contribution in [0, 0.1) is 5.82 Å². The fourth-order valence-corrected chi connectivity index (χ4v) is 2.62. The minimum Gasteiger partial charge on any atom is -0.447 e. The second-order valence-corrected chi connectivity index (χ2v) is 5.24. The van der Waals surface area contributed by atoms with E-state index in [0.717, 1.165) is 5.52 Å². The van der Waals surface area contributed by atoms with Gasteiger partial charge in [0.2, 0.25) is 0 Å². The average molecular weight is 277 g/mol. The van der Waals surface area contributed by atoms with E-state index in [1.165, 1.54) is 11.0 Å². The van der Waals surface area contributed by atoms with Gasteiger partial charge in [-0.2, -0.15) is 0 Å². The van der Waals surface area contributed by atoms with Gasteiger partial charge in [-0.1, -0.05) is 6.07 Å². The third kappa shape index (κ3) is 1.75. The first-order chi connectivity index (χ1) is 9.50. The number of carbonyl (C=O) groups excluding carboxylic acids is 1. The van der Waals surface area contributed by atoms with Crippen LogP contribution in [0.5, 0.6) is 0 Å². The number of cyclic esters (lactones) is 1. The highest BCUT2D eigenvalue weighted by atomic mass is 19.1. The van der Waals surface area contributed by atoms with Gasteiger partial charge in [-0.25, -0.2) is 14.2 Å². The van der Waals surface area contributed by atoms with Crippen LogP contribution in [0.25, 0.3) is 11.0 Å². The maximum Gasteiger partial charge on any atom is 0.410 e. The Hall–Kier alpha value is -2.11. The lowest BCUT2D eigenvalue weighted by Gasteiger charge is -2.19. The molecule has 1 fully saturated rings. The summed E-state index contributed by atoms with van der Waals surface area (Å²) < 4.78 is 20.9. The van der Waals surface area contributed by atoms with E-state index >= 15 is 0 Å². The summed E-state index contributed by atoms with van der Waals surface area (Å²) in [7, 11) is 1.67. The summed E-state index contributed by atoms with van der Waals surface area (Å²) >= 11 is 0. The van der Waals surface area contributed by atoms with E-state index in [0.29, 0.717) is 11.3 Å². The molecular formula is C14H16FN3O2. The second-order valence-electron chi connectivity index (χ2n) is 5.24. The molecule has 1 atom stereocenters. The van der Waals surface area contributed by atoms with Gasteiger partial charge in [0.15, 0.2) is 5.82 Å². The van der Waals surface area contributed by atoms with Gasteiger partial charge in [-0.3, -0.25) is 4.90 Å². The van der Waals surface area contributed by atoms with E-state index in [1.54, 1.807) is 13.1 Å². The number of imidazole rings is 1. The summed E-state index contributed by atoms with van der Waals surface area (Å²) in [6.07, 6.45) is -0.377. The van der Waals surface area contributed by atoms with Gasteiger partial charge in [-0.15, -0.1) is 0 Å². The molecule has 0 spiro atoms. The van der Waals surface area contributed by atoms with Crippen molar-refractivity contribution >= 4 is 17.1 Å². The second kappa shape index (κ2) is 4.47. The Labute approximate surface area is 116 Å². The van der Waals surface area contributed by atoms with Crippen LogP contribution in [0.1, 0.15) is 31.8 Å². The largest absolute Gasteiger partial charge is 0.447 e. The first-order valence-corrected chi connectivity index (χ1v) is 6.56. The summed E-state index contributed by atoms with van der Waals surface area (Å²) in [6, 6.07) is 4.73. The quantitative estimate of drug-likeness (QED) is 0.848. The zero-order valence-electron chi connectivity index (χ0n) is 11.6. The maximum atomic E-state index is 13.9. The van der Waals surface area contributed by atoms with Crippen LogP contribution in [0.3, 0.4) is 0 Å². The third-order valence-corrected chi connectivity index (χ3v) is 3.63. The molecule has 1 amide bonds. The van der Waals surface area contributed by atoms with Crippen LogP contribution >= 0.6 is 0 Å². The van der Waals surface area contributed by atoms with E-state index in [2.05, 4.69) is 4.98 Å². The third-order valence-electron chi connectivity index (χ3n) is 3.63. The van der Waals surface area contributed by atoms with Crippen molar-refractivity contribution in [1.82, 2.24) is 14.5 Å². The Morgan fingerprint density at radius 2 is 2.20 bits per heavy atom. The van der Waals surface area contributed by atoms with E-state index in [4.69, 9.17) is 4.74 Å². The van der Waals surface area contributed by atoms with Crippen LogP contribution in [0.4, 0.5) is 9.18 Å². The number of hydrogen-bond acceptors (Lipinski definition) is 3. The number of hydrogen-bond donors (Lipinski definition) is 0. The van der Waals surface area contributed by atoms with Crippen molar-refractivity contribution in [3.05, 3.63) is 29.8 Å². The van der Waals surface area contributed by atoms with Crippen LogP contribution in [-0.2, 0) is 4.74 Å². The lowest BCUT2D eigenvalue weighted by Crippen LogP contribution is -2.25. The van der Waals surface area contributed by atoms with E-state index < -0.39 is 0 Å². The van der Waals surface area contributed by atoms with Crippen molar-refractivity contribution in [2.75, 3.05) is 13.7 Å². The minimum atomic E-state index is -0.377. The highest BCUT2D eigenvalue weighted by Gasteiger charge is 2.35. The standard InChI is InChI=1S/C14H16FN3O2/c1-8(2)18-10-6-4-5-9(15)12(10)16-13(18)11-7-20-14(19)17(11)3/h4-6,8,11H,7H2,1-3H3/t11-/m0/s1. The fourth-order valence-electron chi connectivity index (χ4n) is 2.62. The molecular weight excluding hydrogens is 261 g/mol. The molecule has 2 aromatic rings. The van der Waals surface area contributed by atoms with Crippen molar-refractivity contribution in [2.24, 2.45) is 0 Å². The van der Waals surface area contributed by atoms with Crippen LogP contribution in [0.15, 0.2) is 18.2 Å². The number of likely N-dealkylation sites (N-methyl/N-ethyl adjacent to an activating group) is 1. The number of fused-ring (bicyclic) bond motifs is 1. The Morgan fingerprint density at radius 1 is 1.45 bits per heavy atom.